The normalized spacial score (nSPS) is 16.5. The molecule has 1 saturated heterocycles. The summed E-state index contributed by atoms with van der Waals surface area (Å²) in [7, 11) is 0. The summed E-state index contributed by atoms with van der Waals surface area (Å²) in [5.74, 6) is 0. The Bertz CT molecular complexity index is 772. The van der Waals surface area contributed by atoms with Gasteiger partial charge in [0.2, 0.25) is 0 Å². The number of nitrogens with one attached hydrogen (secondary N) is 1. The van der Waals surface area contributed by atoms with E-state index in [1.54, 1.807) is 0 Å². The Labute approximate surface area is 136 Å². The molecule has 1 aliphatic rings. The molecular weight excluding hydrogens is 286 g/mol. The number of rotatable bonds is 3. The van der Waals surface area contributed by atoms with Gasteiger partial charge in [-0.1, -0.05) is 12.1 Å². The zero-order valence-electron chi connectivity index (χ0n) is 13.2. The average Bonchev–Trinajstić information content (AvgIpc) is 2.78. The van der Waals surface area contributed by atoms with Crippen LogP contribution in [-0.4, -0.2) is 45.4 Å². The maximum Gasteiger partial charge on any atom is 0.137 e. The third-order valence-corrected chi connectivity index (χ3v) is 4.34. The second-order valence-electron chi connectivity index (χ2n) is 5.93. The summed E-state index contributed by atoms with van der Waals surface area (Å²) in [5.41, 5.74) is 4.14. The van der Waals surface area contributed by atoms with Gasteiger partial charge in [-0.15, -0.1) is 0 Å². The Morgan fingerprint density at radius 2 is 2.00 bits per heavy atom. The Balaban J connectivity index is 1.76. The first kappa shape index (κ1) is 14.4. The van der Waals surface area contributed by atoms with E-state index in [4.69, 9.17) is 4.98 Å². The molecular formula is C18H21N5. The Morgan fingerprint density at radius 3 is 2.91 bits per heavy atom. The maximum atomic E-state index is 4.83. The minimum absolute atomic E-state index is 0.902. The van der Waals surface area contributed by atoms with Crippen molar-refractivity contribution in [2.24, 2.45) is 0 Å². The summed E-state index contributed by atoms with van der Waals surface area (Å²) < 4.78 is 2.20. The van der Waals surface area contributed by atoms with Gasteiger partial charge >= 0.3 is 0 Å². The van der Waals surface area contributed by atoms with Crippen LogP contribution >= 0.6 is 0 Å². The van der Waals surface area contributed by atoms with Crippen molar-refractivity contribution in [1.82, 2.24) is 24.6 Å². The fraction of sp³-hybridized carbons (Fsp3) is 0.333. The van der Waals surface area contributed by atoms with Gasteiger partial charge in [0.05, 0.1) is 11.4 Å². The van der Waals surface area contributed by atoms with Crippen molar-refractivity contribution in [3.05, 3.63) is 54.5 Å². The molecule has 0 unspecified atom stereocenters. The predicted octanol–water partition coefficient (Wildman–Crippen LogP) is 2.19. The lowest BCUT2D eigenvalue weighted by atomic mass is 10.2. The molecule has 0 bridgehead atoms. The Kier molecular flexibility index (Phi) is 4.05. The molecule has 0 radical (unpaired) electrons. The van der Waals surface area contributed by atoms with Crippen molar-refractivity contribution in [1.29, 1.82) is 0 Å². The summed E-state index contributed by atoms with van der Waals surface area (Å²) in [6.07, 6.45) is 5.12. The molecule has 4 heterocycles. The van der Waals surface area contributed by atoms with E-state index in [1.165, 1.54) is 12.1 Å². The van der Waals surface area contributed by atoms with Crippen molar-refractivity contribution in [2.45, 2.75) is 13.0 Å². The SMILES string of the molecule is c1ccc(-c2nc3ccccn3c2CN2CCCNCC2)nc1. The van der Waals surface area contributed by atoms with Crippen LogP contribution in [0.3, 0.4) is 0 Å². The summed E-state index contributed by atoms with van der Waals surface area (Å²) in [6.45, 7) is 5.25. The van der Waals surface area contributed by atoms with Gasteiger partial charge in [-0.05, 0) is 43.8 Å². The summed E-state index contributed by atoms with van der Waals surface area (Å²) in [5, 5.41) is 3.46. The fourth-order valence-corrected chi connectivity index (χ4v) is 3.18. The lowest BCUT2D eigenvalue weighted by Gasteiger charge is -2.19. The first-order valence-electron chi connectivity index (χ1n) is 8.22. The van der Waals surface area contributed by atoms with Gasteiger partial charge in [0, 0.05) is 32.0 Å². The van der Waals surface area contributed by atoms with E-state index in [0.29, 0.717) is 0 Å². The minimum Gasteiger partial charge on any atom is -0.315 e. The third kappa shape index (κ3) is 2.98. The highest BCUT2D eigenvalue weighted by atomic mass is 15.2. The zero-order chi connectivity index (χ0) is 15.5. The smallest absolute Gasteiger partial charge is 0.137 e. The maximum absolute atomic E-state index is 4.83. The van der Waals surface area contributed by atoms with Gasteiger partial charge in [-0.3, -0.25) is 9.88 Å². The van der Waals surface area contributed by atoms with Crippen LogP contribution in [0.2, 0.25) is 0 Å². The molecule has 3 aromatic rings. The van der Waals surface area contributed by atoms with Gasteiger partial charge < -0.3 is 9.72 Å². The Morgan fingerprint density at radius 1 is 1.04 bits per heavy atom. The largest absolute Gasteiger partial charge is 0.315 e. The van der Waals surface area contributed by atoms with Crippen LogP contribution in [0, 0.1) is 0 Å². The molecule has 0 aliphatic carbocycles. The standard InChI is InChI=1S/C18H21N5/c1-3-9-20-15(6-1)18-16(14-22-11-5-8-19-10-13-22)23-12-4-2-7-17(23)21-18/h1-4,6-7,9,12,19H,5,8,10-11,13-14H2. The van der Waals surface area contributed by atoms with Crippen molar-refractivity contribution in [2.75, 3.05) is 26.2 Å². The van der Waals surface area contributed by atoms with Crippen molar-refractivity contribution >= 4 is 5.65 Å². The quantitative estimate of drug-likeness (QED) is 0.806. The van der Waals surface area contributed by atoms with Crippen LogP contribution in [0.25, 0.3) is 17.0 Å². The van der Waals surface area contributed by atoms with E-state index in [2.05, 4.69) is 37.9 Å². The second kappa shape index (κ2) is 6.48. The number of hydrogen-bond donors (Lipinski definition) is 1. The molecule has 0 amide bonds. The summed E-state index contributed by atoms with van der Waals surface area (Å²) in [6, 6.07) is 12.1. The fourth-order valence-electron chi connectivity index (χ4n) is 3.18. The Hall–Kier alpha value is -2.24. The van der Waals surface area contributed by atoms with E-state index < -0.39 is 0 Å². The summed E-state index contributed by atoms with van der Waals surface area (Å²) in [4.78, 5) is 11.8. The van der Waals surface area contributed by atoms with Gasteiger partial charge in [0.15, 0.2) is 0 Å². The lowest BCUT2D eigenvalue weighted by Crippen LogP contribution is -2.28. The van der Waals surface area contributed by atoms with Gasteiger partial charge in [0.1, 0.15) is 11.3 Å². The molecule has 23 heavy (non-hydrogen) atoms. The first-order chi connectivity index (χ1) is 11.4. The van der Waals surface area contributed by atoms with Crippen molar-refractivity contribution in [3.8, 4) is 11.4 Å². The van der Waals surface area contributed by atoms with Crippen LogP contribution in [-0.2, 0) is 6.54 Å². The highest BCUT2D eigenvalue weighted by Crippen LogP contribution is 2.24. The highest BCUT2D eigenvalue weighted by molar-refractivity contribution is 5.63. The van der Waals surface area contributed by atoms with Crippen LogP contribution < -0.4 is 5.32 Å². The number of hydrogen-bond acceptors (Lipinski definition) is 4. The molecule has 1 N–H and O–H groups in total. The highest BCUT2D eigenvalue weighted by Gasteiger charge is 2.18. The molecule has 1 fully saturated rings. The molecule has 1 aliphatic heterocycles. The van der Waals surface area contributed by atoms with Crippen LogP contribution in [0.15, 0.2) is 48.8 Å². The van der Waals surface area contributed by atoms with Crippen LogP contribution in [0.5, 0.6) is 0 Å². The zero-order valence-corrected chi connectivity index (χ0v) is 13.2. The van der Waals surface area contributed by atoms with Gasteiger partial charge in [0.25, 0.3) is 0 Å². The van der Waals surface area contributed by atoms with E-state index >= 15 is 0 Å². The second-order valence-corrected chi connectivity index (χ2v) is 5.93. The number of aromatic nitrogens is 3. The molecule has 118 valence electrons. The molecule has 0 saturated carbocycles. The van der Waals surface area contributed by atoms with E-state index in [0.717, 1.165) is 49.8 Å². The van der Waals surface area contributed by atoms with Crippen molar-refractivity contribution < 1.29 is 0 Å². The monoisotopic (exact) mass is 307 g/mol. The average molecular weight is 307 g/mol. The van der Waals surface area contributed by atoms with Gasteiger partial charge in [-0.25, -0.2) is 4.98 Å². The van der Waals surface area contributed by atoms with Crippen LogP contribution in [0.4, 0.5) is 0 Å². The van der Waals surface area contributed by atoms with Crippen molar-refractivity contribution in [3.63, 3.8) is 0 Å². The van der Waals surface area contributed by atoms with E-state index in [1.807, 2.05) is 30.5 Å². The molecule has 5 nitrogen and oxygen atoms in total. The van der Waals surface area contributed by atoms with Crippen LogP contribution in [0.1, 0.15) is 12.1 Å². The first-order valence-corrected chi connectivity index (χ1v) is 8.22. The molecule has 4 rings (SSSR count). The number of pyridine rings is 2. The lowest BCUT2D eigenvalue weighted by molar-refractivity contribution is 0.280. The number of fused-ring (bicyclic) bond motifs is 1. The topological polar surface area (TPSA) is 45.5 Å². The molecule has 0 spiro atoms. The summed E-state index contributed by atoms with van der Waals surface area (Å²) >= 11 is 0. The van der Waals surface area contributed by atoms with E-state index in [-0.39, 0.29) is 0 Å². The van der Waals surface area contributed by atoms with E-state index in [9.17, 15) is 0 Å². The van der Waals surface area contributed by atoms with Gasteiger partial charge in [-0.2, -0.15) is 0 Å². The molecule has 5 heteroatoms. The molecule has 0 atom stereocenters. The molecule has 3 aromatic heterocycles. The third-order valence-electron chi connectivity index (χ3n) is 4.34. The number of imidazole rings is 1. The minimum atomic E-state index is 0.902. The number of nitrogens with zero attached hydrogens (tertiary/aromatic N) is 4. The molecule has 0 aromatic carbocycles. The predicted molar refractivity (Wildman–Crippen MR) is 91.2 cm³/mol.